The van der Waals surface area contributed by atoms with Crippen LogP contribution in [-0.2, 0) is 4.74 Å². The number of carbonyl (C=O) groups excluding carboxylic acids is 1. The van der Waals surface area contributed by atoms with E-state index in [1.165, 1.54) is 12.0 Å². The van der Waals surface area contributed by atoms with E-state index in [9.17, 15) is 4.79 Å². The van der Waals surface area contributed by atoms with E-state index in [4.69, 9.17) is 4.74 Å². The van der Waals surface area contributed by atoms with Gasteiger partial charge >= 0.3 is 5.97 Å². The molecule has 1 unspecified atom stereocenters. The maximum absolute atomic E-state index is 11.8. The molecule has 1 aromatic carbocycles. The molecule has 2 bridgehead atoms. The zero-order valence-electron chi connectivity index (χ0n) is 9.11. The Morgan fingerprint density at radius 2 is 2.00 bits per heavy atom. The molecule has 0 saturated heterocycles. The van der Waals surface area contributed by atoms with Gasteiger partial charge in [-0.1, -0.05) is 18.2 Å². The van der Waals surface area contributed by atoms with Crippen LogP contribution in [0, 0.1) is 5.92 Å². The molecule has 82 valence electrons. The normalized spacial score (nSPS) is 22.6. The fraction of sp³-hybridized carbons (Fsp3) is 0.357. The highest BCUT2D eigenvalue weighted by atomic mass is 16.5. The van der Waals surface area contributed by atoms with Gasteiger partial charge in [-0.25, -0.2) is 4.79 Å². The van der Waals surface area contributed by atoms with Crippen molar-refractivity contribution in [3.05, 3.63) is 47.2 Å². The monoisotopic (exact) mass is 214 g/mol. The quantitative estimate of drug-likeness (QED) is 0.706. The first-order chi connectivity index (χ1) is 7.83. The predicted molar refractivity (Wildman–Crippen MR) is 60.8 cm³/mol. The van der Waals surface area contributed by atoms with Crippen LogP contribution in [0.25, 0.3) is 0 Å². The first kappa shape index (κ1) is 9.64. The molecule has 1 atom stereocenters. The number of hydrogen-bond donors (Lipinski definition) is 0. The second kappa shape index (κ2) is 3.78. The Hall–Kier alpha value is -1.57. The van der Waals surface area contributed by atoms with Gasteiger partial charge in [-0.2, -0.15) is 0 Å². The van der Waals surface area contributed by atoms with Crippen LogP contribution in [0.3, 0.4) is 0 Å². The van der Waals surface area contributed by atoms with Crippen LogP contribution < -0.4 is 0 Å². The molecule has 0 heterocycles. The van der Waals surface area contributed by atoms with Crippen LogP contribution in [0.15, 0.2) is 41.7 Å². The molecule has 2 aliphatic rings. The Balaban J connectivity index is 1.75. The van der Waals surface area contributed by atoms with Crippen molar-refractivity contribution in [2.24, 2.45) is 5.92 Å². The van der Waals surface area contributed by atoms with Gasteiger partial charge < -0.3 is 4.74 Å². The summed E-state index contributed by atoms with van der Waals surface area (Å²) < 4.78 is 5.47. The predicted octanol–water partition coefficient (Wildman–Crippen LogP) is 3.30. The van der Waals surface area contributed by atoms with E-state index in [2.05, 4.69) is 0 Å². The Kier molecular flexibility index (Phi) is 2.28. The lowest BCUT2D eigenvalue weighted by Gasteiger charge is -2.12. The molecule has 0 radical (unpaired) electrons. The lowest BCUT2D eigenvalue weighted by Crippen LogP contribution is -2.07. The van der Waals surface area contributed by atoms with Gasteiger partial charge in [-0.15, -0.1) is 0 Å². The molecule has 1 aromatic rings. The zero-order valence-corrected chi connectivity index (χ0v) is 9.11. The Morgan fingerprint density at radius 3 is 2.62 bits per heavy atom. The lowest BCUT2D eigenvalue weighted by atomic mass is 10.0. The molecule has 0 amide bonds. The lowest BCUT2D eigenvalue weighted by molar-refractivity contribution is 0.0607. The van der Waals surface area contributed by atoms with E-state index in [0.29, 0.717) is 5.56 Å². The first-order valence-electron chi connectivity index (χ1n) is 5.81. The van der Waals surface area contributed by atoms with Gasteiger partial charge in [-0.3, -0.25) is 0 Å². The van der Waals surface area contributed by atoms with Crippen molar-refractivity contribution in [3.63, 3.8) is 0 Å². The highest BCUT2D eigenvalue weighted by molar-refractivity contribution is 5.90. The van der Waals surface area contributed by atoms with E-state index in [0.717, 1.165) is 30.9 Å². The summed E-state index contributed by atoms with van der Waals surface area (Å²) in [6, 6.07) is 9.20. The number of allylic oxidation sites excluding steroid dienone is 2. The topological polar surface area (TPSA) is 26.3 Å². The van der Waals surface area contributed by atoms with Crippen LogP contribution in [0.5, 0.6) is 0 Å². The van der Waals surface area contributed by atoms with E-state index in [-0.39, 0.29) is 5.97 Å². The van der Waals surface area contributed by atoms with Crippen molar-refractivity contribution in [3.8, 4) is 0 Å². The third-order valence-corrected chi connectivity index (χ3v) is 3.48. The van der Waals surface area contributed by atoms with Crippen molar-refractivity contribution in [1.29, 1.82) is 0 Å². The number of rotatable bonds is 2. The fourth-order valence-electron chi connectivity index (χ4n) is 2.62. The van der Waals surface area contributed by atoms with Crippen LogP contribution in [0.4, 0.5) is 0 Å². The summed E-state index contributed by atoms with van der Waals surface area (Å²) in [4.78, 5) is 11.8. The third-order valence-electron chi connectivity index (χ3n) is 3.48. The molecule has 3 rings (SSSR count). The molecule has 2 aliphatic carbocycles. The molecule has 1 saturated carbocycles. The van der Waals surface area contributed by atoms with Gasteiger partial charge in [-0.05, 0) is 42.9 Å². The highest BCUT2D eigenvalue weighted by Gasteiger charge is 2.32. The van der Waals surface area contributed by atoms with Crippen molar-refractivity contribution in [1.82, 2.24) is 0 Å². The van der Waals surface area contributed by atoms with Gasteiger partial charge in [0.25, 0.3) is 0 Å². The smallest absolute Gasteiger partial charge is 0.343 e. The van der Waals surface area contributed by atoms with E-state index >= 15 is 0 Å². The molecular formula is C14H14O2. The molecule has 1 fully saturated rings. The SMILES string of the molecule is O=C(OC1=C2CCC(C2)C1)c1ccccc1. The van der Waals surface area contributed by atoms with E-state index in [1.807, 2.05) is 18.2 Å². The Bertz CT molecular complexity index is 445. The van der Waals surface area contributed by atoms with Gasteiger partial charge in [0.1, 0.15) is 5.76 Å². The summed E-state index contributed by atoms with van der Waals surface area (Å²) in [5.74, 6) is 1.48. The minimum absolute atomic E-state index is 0.212. The standard InChI is InChI=1S/C14H14O2/c15-14(11-4-2-1-3-5-11)16-13-9-10-6-7-12(13)8-10/h1-5,10H,6-9H2. The Labute approximate surface area is 94.9 Å². The summed E-state index contributed by atoms with van der Waals surface area (Å²) in [7, 11) is 0. The van der Waals surface area contributed by atoms with Gasteiger partial charge in [0.15, 0.2) is 0 Å². The molecule has 0 aliphatic heterocycles. The average molecular weight is 214 g/mol. The van der Waals surface area contributed by atoms with Crippen LogP contribution in [0.1, 0.15) is 36.0 Å². The van der Waals surface area contributed by atoms with Crippen LogP contribution >= 0.6 is 0 Å². The summed E-state index contributed by atoms with van der Waals surface area (Å²) in [5.41, 5.74) is 2.01. The molecule has 0 N–H and O–H groups in total. The van der Waals surface area contributed by atoms with Gasteiger partial charge in [0.2, 0.25) is 0 Å². The first-order valence-corrected chi connectivity index (χ1v) is 5.81. The summed E-state index contributed by atoms with van der Waals surface area (Å²) in [5, 5.41) is 0. The molecule has 16 heavy (non-hydrogen) atoms. The number of ether oxygens (including phenoxy) is 1. The van der Waals surface area contributed by atoms with Crippen LogP contribution in [0.2, 0.25) is 0 Å². The van der Waals surface area contributed by atoms with E-state index in [1.54, 1.807) is 12.1 Å². The van der Waals surface area contributed by atoms with E-state index < -0.39 is 0 Å². The summed E-state index contributed by atoms with van der Waals surface area (Å²) in [6.45, 7) is 0. The average Bonchev–Trinajstić information content (AvgIpc) is 2.92. The number of fused-ring (bicyclic) bond motifs is 2. The number of carbonyl (C=O) groups is 1. The second-order valence-electron chi connectivity index (χ2n) is 4.60. The van der Waals surface area contributed by atoms with Gasteiger partial charge in [0, 0.05) is 6.42 Å². The maximum Gasteiger partial charge on any atom is 0.343 e. The molecule has 2 nitrogen and oxygen atoms in total. The largest absolute Gasteiger partial charge is 0.428 e. The number of hydrogen-bond acceptors (Lipinski definition) is 2. The minimum atomic E-state index is -0.212. The summed E-state index contributed by atoms with van der Waals surface area (Å²) >= 11 is 0. The van der Waals surface area contributed by atoms with Crippen LogP contribution in [-0.4, -0.2) is 5.97 Å². The second-order valence-corrected chi connectivity index (χ2v) is 4.60. The fourth-order valence-corrected chi connectivity index (χ4v) is 2.62. The number of esters is 1. The van der Waals surface area contributed by atoms with Crippen molar-refractivity contribution in [2.75, 3.05) is 0 Å². The summed E-state index contributed by atoms with van der Waals surface area (Å²) in [6.07, 6.45) is 4.52. The van der Waals surface area contributed by atoms with Crippen molar-refractivity contribution in [2.45, 2.75) is 25.7 Å². The molecule has 0 aromatic heterocycles. The minimum Gasteiger partial charge on any atom is -0.428 e. The maximum atomic E-state index is 11.8. The Morgan fingerprint density at radius 1 is 1.19 bits per heavy atom. The van der Waals surface area contributed by atoms with Crippen molar-refractivity contribution >= 4 is 5.97 Å². The highest BCUT2D eigenvalue weighted by Crippen LogP contribution is 2.44. The van der Waals surface area contributed by atoms with Gasteiger partial charge in [0.05, 0.1) is 5.56 Å². The molecular weight excluding hydrogens is 200 g/mol. The number of benzene rings is 1. The zero-order chi connectivity index (χ0) is 11.0. The van der Waals surface area contributed by atoms with Crippen molar-refractivity contribution < 1.29 is 9.53 Å². The third kappa shape index (κ3) is 1.64. The molecule has 0 spiro atoms. The molecule has 2 heteroatoms.